The van der Waals surface area contributed by atoms with E-state index in [1.165, 1.54) is 0 Å². The molecule has 1 fully saturated rings. The van der Waals surface area contributed by atoms with Gasteiger partial charge < -0.3 is 10.6 Å². The quantitative estimate of drug-likeness (QED) is 0.671. The Bertz CT molecular complexity index is 940. The van der Waals surface area contributed by atoms with Gasteiger partial charge in [-0.15, -0.1) is 0 Å². The number of rotatable bonds is 6. The van der Waals surface area contributed by atoms with Gasteiger partial charge in [0.1, 0.15) is 11.5 Å². The molecule has 1 aliphatic carbocycles. The molecule has 0 spiro atoms. The summed E-state index contributed by atoms with van der Waals surface area (Å²) >= 11 is 5.90. The Kier molecular flexibility index (Phi) is 5.03. The molecule has 0 radical (unpaired) electrons. The van der Waals surface area contributed by atoms with Crippen molar-refractivity contribution < 1.29 is 4.79 Å². The van der Waals surface area contributed by atoms with Crippen LogP contribution in [0.4, 0.5) is 5.82 Å². The Balaban J connectivity index is 1.56. The van der Waals surface area contributed by atoms with Crippen molar-refractivity contribution in [2.24, 2.45) is 0 Å². The number of aromatic nitrogens is 2. The van der Waals surface area contributed by atoms with Crippen LogP contribution in [-0.4, -0.2) is 21.9 Å². The molecule has 1 aromatic heterocycles. The van der Waals surface area contributed by atoms with Crippen LogP contribution in [0, 0.1) is 0 Å². The summed E-state index contributed by atoms with van der Waals surface area (Å²) < 4.78 is 0. The van der Waals surface area contributed by atoms with Gasteiger partial charge in [0.2, 0.25) is 0 Å². The third kappa shape index (κ3) is 4.63. The number of hydrogen-bond acceptors (Lipinski definition) is 4. The number of nitrogens with zero attached hydrogens (tertiary/aromatic N) is 2. The number of carbonyl (C=O) groups excluding carboxylic acids is 1. The summed E-state index contributed by atoms with van der Waals surface area (Å²) in [5.41, 5.74) is 2.20. The van der Waals surface area contributed by atoms with Gasteiger partial charge in [-0.1, -0.05) is 54.1 Å². The fourth-order valence-electron chi connectivity index (χ4n) is 2.67. The fourth-order valence-corrected chi connectivity index (χ4v) is 2.79. The molecule has 1 aliphatic rings. The average Bonchev–Trinajstić information content (AvgIpc) is 3.52. The van der Waals surface area contributed by atoms with Crippen LogP contribution in [0.25, 0.3) is 11.4 Å². The highest BCUT2D eigenvalue weighted by atomic mass is 35.5. The molecule has 3 aromatic rings. The second-order valence-electron chi connectivity index (χ2n) is 6.56. The molecular formula is C21H19ClN4O. The summed E-state index contributed by atoms with van der Waals surface area (Å²) in [4.78, 5) is 21.7. The maximum absolute atomic E-state index is 12.7. The van der Waals surface area contributed by atoms with Gasteiger partial charge in [-0.25, -0.2) is 9.97 Å². The molecule has 4 rings (SSSR count). The summed E-state index contributed by atoms with van der Waals surface area (Å²) in [5.74, 6) is 0.990. The minimum atomic E-state index is -0.233. The van der Waals surface area contributed by atoms with Crippen molar-refractivity contribution in [3.63, 3.8) is 0 Å². The second-order valence-corrected chi connectivity index (χ2v) is 6.99. The first-order chi connectivity index (χ1) is 13.2. The fraction of sp³-hybridized carbons (Fsp3) is 0.190. The van der Waals surface area contributed by atoms with E-state index >= 15 is 0 Å². The number of carbonyl (C=O) groups is 1. The van der Waals surface area contributed by atoms with Crippen molar-refractivity contribution in [2.75, 3.05) is 5.32 Å². The zero-order valence-corrected chi connectivity index (χ0v) is 15.4. The normalized spacial score (nSPS) is 13.2. The summed E-state index contributed by atoms with van der Waals surface area (Å²) in [5, 5.41) is 6.94. The smallest absolute Gasteiger partial charge is 0.270 e. The lowest BCUT2D eigenvalue weighted by Gasteiger charge is -2.10. The van der Waals surface area contributed by atoms with E-state index < -0.39 is 0 Å². The van der Waals surface area contributed by atoms with Crippen LogP contribution in [0.15, 0.2) is 60.7 Å². The first-order valence-electron chi connectivity index (χ1n) is 8.91. The Labute approximate surface area is 162 Å². The Morgan fingerprint density at radius 1 is 1.04 bits per heavy atom. The van der Waals surface area contributed by atoms with Gasteiger partial charge in [-0.05, 0) is 30.5 Å². The van der Waals surface area contributed by atoms with Crippen molar-refractivity contribution in [3.8, 4) is 11.4 Å². The van der Waals surface area contributed by atoms with Crippen molar-refractivity contribution in [1.29, 1.82) is 0 Å². The van der Waals surface area contributed by atoms with Crippen LogP contribution < -0.4 is 10.6 Å². The summed E-state index contributed by atoms with van der Waals surface area (Å²) in [6.07, 6.45) is 2.26. The van der Waals surface area contributed by atoms with Gasteiger partial charge in [0.15, 0.2) is 5.82 Å². The van der Waals surface area contributed by atoms with Crippen LogP contribution in [0.2, 0.25) is 5.02 Å². The monoisotopic (exact) mass is 378 g/mol. The minimum absolute atomic E-state index is 0.233. The van der Waals surface area contributed by atoms with Crippen LogP contribution in [0.1, 0.15) is 28.9 Å². The molecule has 136 valence electrons. The van der Waals surface area contributed by atoms with Crippen LogP contribution in [0.5, 0.6) is 0 Å². The standard InChI is InChI=1S/C21H19ClN4O/c22-16-8-6-14(7-9-16)13-23-21(27)18-12-19(24-17-10-11-17)26-20(25-18)15-4-2-1-3-5-15/h1-9,12,17H,10-11,13H2,(H,23,27)(H,24,25,26). The van der Waals surface area contributed by atoms with Crippen molar-refractivity contribution in [3.05, 3.63) is 76.9 Å². The zero-order valence-electron chi connectivity index (χ0n) is 14.7. The number of halogens is 1. The highest BCUT2D eigenvalue weighted by Crippen LogP contribution is 2.25. The number of amides is 1. The summed E-state index contributed by atoms with van der Waals surface area (Å²) in [6, 6.07) is 19.2. The molecule has 2 N–H and O–H groups in total. The van der Waals surface area contributed by atoms with Crippen LogP contribution in [0.3, 0.4) is 0 Å². The van der Waals surface area contributed by atoms with E-state index in [0.717, 1.165) is 24.0 Å². The van der Waals surface area contributed by atoms with E-state index in [1.807, 2.05) is 42.5 Å². The number of hydrogen-bond donors (Lipinski definition) is 2. The summed E-state index contributed by atoms with van der Waals surface area (Å²) in [7, 11) is 0. The van der Waals surface area contributed by atoms with Crippen molar-refractivity contribution in [1.82, 2.24) is 15.3 Å². The van der Waals surface area contributed by atoms with Crippen molar-refractivity contribution >= 4 is 23.3 Å². The molecule has 0 aliphatic heterocycles. The van der Waals surface area contributed by atoms with E-state index in [2.05, 4.69) is 20.6 Å². The lowest BCUT2D eigenvalue weighted by molar-refractivity contribution is 0.0946. The molecule has 6 heteroatoms. The lowest BCUT2D eigenvalue weighted by atomic mass is 10.2. The minimum Gasteiger partial charge on any atom is -0.367 e. The Hall–Kier alpha value is -2.92. The average molecular weight is 379 g/mol. The number of benzene rings is 2. The number of anilines is 1. The predicted octanol–water partition coefficient (Wildman–Crippen LogP) is 4.30. The molecule has 2 aromatic carbocycles. The van der Waals surface area contributed by atoms with Gasteiger partial charge in [0.05, 0.1) is 0 Å². The van der Waals surface area contributed by atoms with Gasteiger partial charge >= 0.3 is 0 Å². The molecule has 0 unspecified atom stereocenters. The first-order valence-corrected chi connectivity index (χ1v) is 9.29. The maximum atomic E-state index is 12.7. The first kappa shape index (κ1) is 17.5. The molecular weight excluding hydrogens is 360 g/mol. The summed E-state index contributed by atoms with van der Waals surface area (Å²) in [6.45, 7) is 0.409. The number of nitrogens with one attached hydrogen (secondary N) is 2. The molecule has 27 heavy (non-hydrogen) atoms. The van der Waals surface area contributed by atoms with E-state index in [4.69, 9.17) is 11.6 Å². The van der Waals surface area contributed by atoms with Gasteiger partial charge in [0.25, 0.3) is 5.91 Å². The van der Waals surface area contributed by atoms with E-state index in [1.54, 1.807) is 18.2 Å². The molecule has 1 amide bonds. The Morgan fingerprint density at radius 2 is 1.78 bits per heavy atom. The third-order valence-electron chi connectivity index (χ3n) is 4.29. The van der Waals surface area contributed by atoms with Gasteiger partial charge in [0, 0.05) is 29.2 Å². The predicted molar refractivity (Wildman–Crippen MR) is 107 cm³/mol. The SMILES string of the molecule is O=C(NCc1ccc(Cl)cc1)c1cc(NC2CC2)nc(-c2ccccc2)n1. The maximum Gasteiger partial charge on any atom is 0.270 e. The second kappa shape index (κ2) is 7.76. The largest absolute Gasteiger partial charge is 0.367 e. The molecule has 0 saturated heterocycles. The highest BCUT2D eigenvalue weighted by Gasteiger charge is 2.22. The molecule has 5 nitrogen and oxygen atoms in total. The third-order valence-corrected chi connectivity index (χ3v) is 4.54. The highest BCUT2D eigenvalue weighted by molar-refractivity contribution is 6.30. The van der Waals surface area contributed by atoms with E-state index in [0.29, 0.717) is 34.9 Å². The molecule has 1 saturated carbocycles. The van der Waals surface area contributed by atoms with Gasteiger partial charge in [-0.2, -0.15) is 0 Å². The van der Waals surface area contributed by atoms with Crippen LogP contribution in [-0.2, 0) is 6.54 Å². The lowest BCUT2D eigenvalue weighted by Crippen LogP contribution is -2.24. The van der Waals surface area contributed by atoms with Gasteiger partial charge in [-0.3, -0.25) is 4.79 Å². The van der Waals surface area contributed by atoms with E-state index in [9.17, 15) is 4.79 Å². The molecule has 0 atom stereocenters. The Morgan fingerprint density at radius 3 is 2.48 bits per heavy atom. The van der Waals surface area contributed by atoms with E-state index in [-0.39, 0.29) is 5.91 Å². The van der Waals surface area contributed by atoms with Crippen LogP contribution >= 0.6 is 11.6 Å². The molecule has 0 bridgehead atoms. The zero-order chi connectivity index (χ0) is 18.6. The topological polar surface area (TPSA) is 66.9 Å². The molecule has 1 heterocycles. The van der Waals surface area contributed by atoms with Crippen molar-refractivity contribution in [2.45, 2.75) is 25.4 Å².